The van der Waals surface area contributed by atoms with Crippen molar-refractivity contribution in [1.82, 2.24) is 5.32 Å². The lowest BCUT2D eigenvalue weighted by Crippen LogP contribution is -2.38. The van der Waals surface area contributed by atoms with E-state index in [9.17, 15) is 4.79 Å². The summed E-state index contributed by atoms with van der Waals surface area (Å²) in [6.07, 6.45) is 2.43. The Balaban J connectivity index is 4.01. The van der Waals surface area contributed by atoms with Crippen molar-refractivity contribution in [2.75, 3.05) is 0 Å². The van der Waals surface area contributed by atoms with Gasteiger partial charge in [-0.3, -0.25) is 4.79 Å². The molecular formula is C12H23NO. The Morgan fingerprint density at radius 3 is 2.29 bits per heavy atom. The molecule has 0 aliphatic rings. The lowest BCUT2D eigenvalue weighted by Gasteiger charge is -2.22. The Kier molecular flexibility index (Phi) is 4.89. The van der Waals surface area contributed by atoms with Gasteiger partial charge in [-0.15, -0.1) is 6.58 Å². The largest absolute Gasteiger partial charge is 0.353 e. The predicted octanol–water partition coefficient (Wildman–Crippen LogP) is 2.75. The summed E-state index contributed by atoms with van der Waals surface area (Å²) in [6.45, 7) is 14.0. The molecular weight excluding hydrogens is 174 g/mol. The minimum atomic E-state index is 0.0568. The second-order valence-electron chi connectivity index (χ2n) is 5.19. The molecule has 0 aromatic heterocycles. The van der Waals surface area contributed by atoms with Crippen LogP contribution in [0.2, 0.25) is 0 Å². The third-order valence-electron chi connectivity index (χ3n) is 2.24. The first-order valence-electron chi connectivity index (χ1n) is 5.18. The molecule has 0 bridgehead atoms. The van der Waals surface area contributed by atoms with Gasteiger partial charge in [0.2, 0.25) is 5.91 Å². The van der Waals surface area contributed by atoms with E-state index in [2.05, 4.69) is 39.6 Å². The van der Waals surface area contributed by atoms with Gasteiger partial charge in [0, 0.05) is 12.5 Å². The second-order valence-corrected chi connectivity index (χ2v) is 5.19. The zero-order valence-electron chi connectivity index (χ0n) is 10.1. The molecule has 0 aliphatic carbocycles. The summed E-state index contributed by atoms with van der Waals surface area (Å²) in [7, 11) is 0. The van der Waals surface area contributed by atoms with Crippen molar-refractivity contribution >= 4 is 5.91 Å². The Morgan fingerprint density at radius 2 is 1.93 bits per heavy atom. The number of carbonyl (C=O) groups is 1. The summed E-state index contributed by atoms with van der Waals surface area (Å²) in [5.41, 5.74) is 0.0568. The summed E-state index contributed by atoms with van der Waals surface area (Å²) in [5, 5.41) is 2.98. The molecule has 0 aromatic carbocycles. The quantitative estimate of drug-likeness (QED) is 0.690. The zero-order valence-corrected chi connectivity index (χ0v) is 10.1. The van der Waals surface area contributed by atoms with Gasteiger partial charge in [0.25, 0.3) is 0 Å². The molecule has 0 saturated heterocycles. The first-order valence-corrected chi connectivity index (χ1v) is 5.18. The average molecular weight is 197 g/mol. The van der Waals surface area contributed by atoms with Crippen molar-refractivity contribution in [2.24, 2.45) is 11.3 Å². The van der Waals surface area contributed by atoms with Gasteiger partial charge in [0.1, 0.15) is 0 Å². The Morgan fingerprint density at radius 1 is 1.43 bits per heavy atom. The molecule has 0 saturated carbocycles. The van der Waals surface area contributed by atoms with Gasteiger partial charge in [-0.25, -0.2) is 0 Å². The number of hydrogen-bond acceptors (Lipinski definition) is 1. The molecule has 1 N–H and O–H groups in total. The van der Waals surface area contributed by atoms with Crippen molar-refractivity contribution in [3.8, 4) is 0 Å². The minimum absolute atomic E-state index is 0.0568. The van der Waals surface area contributed by atoms with Crippen LogP contribution in [0.25, 0.3) is 0 Å². The highest BCUT2D eigenvalue weighted by Crippen LogP contribution is 2.18. The van der Waals surface area contributed by atoms with Crippen LogP contribution >= 0.6 is 0 Å². The van der Waals surface area contributed by atoms with Crippen molar-refractivity contribution in [3.63, 3.8) is 0 Å². The van der Waals surface area contributed by atoms with Crippen LogP contribution in [0.5, 0.6) is 0 Å². The van der Waals surface area contributed by atoms with Crippen LogP contribution in [0.3, 0.4) is 0 Å². The van der Waals surface area contributed by atoms with Crippen molar-refractivity contribution in [3.05, 3.63) is 12.7 Å². The van der Waals surface area contributed by atoms with E-state index in [-0.39, 0.29) is 17.4 Å². The maximum atomic E-state index is 11.5. The van der Waals surface area contributed by atoms with Gasteiger partial charge in [0.05, 0.1) is 0 Å². The molecule has 0 fully saturated rings. The number of nitrogens with one attached hydrogen (secondary N) is 1. The summed E-state index contributed by atoms with van der Waals surface area (Å²) in [5.74, 6) is 0.442. The van der Waals surface area contributed by atoms with E-state index < -0.39 is 0 Å². The molecule has 0 spiro atoms. The van der Waals surface area contributed by atoms with Crippen LogP contribution in [0.15, 0.2) is 12.7 Å². The van der Waals surface area contributed by atoms with Crippen LogP contribution in [-0.2, 0) is 4.79 Å². The van der Waals surface area contributed by atoms with Crippen LogP contribution in [0, 0.1) is 11.3 Å². The molecule has 82 valence electrons. The third-order valence-corrected chi connectivity index (χ3v) is 2.24. The highest BCUT2D eigenvalue weighted by Gasteiger charge is 2.18. The van der Waals surface area contributed by atoms with Crippen LogP contribution in [0.1, 0.15) is 41.0 Å². The van der Waals surface area contributed by atoms with Crippen molar-refractivity contribution in [2.45, 2.75) is 47.1 Å². The fraction of sp³-hybridized carbons (Fsp3) is 0.750. The monoisotopic (exact) mass is 197 g/mol. The first kappa shape index (κ1) is 13.2. The SMILES string of the molecule is C=CC(C)C(C)NC(=O)CC(C)(C)C. The maximum Gasteiger partial charge on any atom is 0.220 e. The molecule has 14 heavy (non-hydrogen) atoms. The molecule has 0 heterocycles. The topological polar surface area (TPSA) is 29.1 Å². The minimum Gasteiger partial charge on any atom is -0.353 e. The Bertz CT molecular complexity index is 203. The van der Waals surface area contributed by atoms with E-state index in [1.165, 1.54) is 0 Å². The number of rotatable bonds is 4. The highest BCUT2D eigenvalue weighted by atomic mass is 16.1. The highest BCUT2D eigenvalue weighted by molar-refractivity contribution is 5.76. The second kappa shape index (κ2) is 5.18. The van der Waals surface area contributed by atoms with E-state index in [4.69, 9.17) is 0 Å². The van der Waals surface area contributed by atoms with Crippen LogP contribution < -0.4 is 5.32 Å². The van der Waals surface area contributed by atoms with Gasteiger partial charge in [-0.05, 0) is 18.3 Å². The molecule has 2 atom stereocenters. The van der Waals surface area contributed by atoms with Crippen LogP contribution in [0.4, 0.5) is 0 Å². The molecule has 2 nitrogen and oxygen atoms in total. The third kappa shape index (κ3) is 5.79. The molecule has 2 unspecified atom stereocenters. The van der Waals surface area contributed by atoms with E-state index in [0.717, 1.165) is 0 Å². The lowest BCUT2D eigenvalue weighted by atomic mass is 9.91. The summed E-state index contributed by atoms with van der Waals surface area (Å²) in [6, 6.07) is 0.169. The average Bonchev–Trinajstić information content (AvgIpc) is 1.99. The summed E-state index contributed by atoms with van der Waals surface area (Å²) >= 11 is 0. The fourth-order valence-electron chi connectivity index (χ4n) is 1.12. The van der Waals surface area contributed by atoms with Crippen molar-refractivity contribution < 1.29 is 4.79 Å². The Hall–Kier alpha value is -0.790. The molecule has 1 amide bonds. The predicted molar refractivity (Wildman–Crippen MR) is 61.0 cm³/mol. The number of amides is 1. The fourth-order valence-corrected chi connectivity index (χ4v) is 1.12. The number of hydrogen-bond donors (Lipinski definition) is 1. The normalized spacial score (nSPS) is 15.8. The van der Waals surface area contributed by atoms with E-state index in [1.54, 1.807) is 0 Å². The van der Waals surface area contributed by atoms with Gasteiger partial charge in [0.15, 0.2) is 0 Å². The molecule has 0 aromatic rings. The van der Waals surface area contributed by atoms with Crippen molar-refractivity contribution in [1.29, 1.82) is 0 Å². The smallest absolute Gasteiger partial charge is 0.220 e. The maximum absolute atomic E-state index is 11.5. The molecule has 0 radical (unpaired) electrons. The molecule has 2 heteroatoms. The molecule has 0 rings (SSSR count). The van der Waals surface area contributed by atoms with Crippen LogP contribution in [-0.4, -0.2) is 11.9 Å². The number of carbonyl (C=O) groups excluding carboxylic acids is 1. The summed E-state index contributed by atoms with van der Waals surface area (Å²) < 4.78 is 0. The standard InChI is InChI=1S/C12H23NO/c1-7-9(2)10(3)13-11(14)8-12(4,5)6/h7,9-10H,1,8H2,2-6H3,(H,13,14). The lowest BCUT2D eigenvalue weighted by molar-refractivity contribution is -0.123. The van der Waals surface area contributed by atoms with Gasteiger partial charge < -0.3 is 5.32 Å². The molecule has 0 aliphatic heterocycles. The van der Waals surface area contributed by atoms with Gasteiger partial charge in [-0.1, -0.05) is 33.8 Å². The van der Waals surface area contributed by atoms with Gasteiger partial charge in [-0.2, -0.15) is 0 Å². The first-order chi connectivity index (χ1) is 6.26. The summed E-state index contributed by atoms with van der Waals surface area (Å²) in [4.78, 5) is 11.5. The zero-order chi connectivity index (χ0) is 11.4. The van der Waals surface area contributed by atoms with E-state index >= 15 is 0 Å². The van der Waals surface area contributed by atoms with E-state index in [0.29, 0.717) is 12.3 Å². The van der Waals surface area contributed by atoms with Gasteiger partial charge >= 0.3 is 0 Å². The Labute approximate surface area is 87.8 Å². The van der Waals surface area contributed by atoms with E-state index in [1.807, 2.05) is 13.0 Å².